The molecule has 5 nitrogen and oxygen atoms in total. The minimum absolute atomic E-state index is 0.0222. The van der Waals surface area contributed by atoms with Crippen molar-refractivity contribution in [2.24, 2.45) is 0 Å². The number of nitriles is 1. The molecule has 1 heterocycles. The zero-order valence-corrected chi connectivity index (χ0v) is 17.7. The molecule has 0 spiro atoms. The standard InChI is InChI=1S/C20H21BrN2O3S/c1-3-4-7-26-19-11-17(21)14(10-18(19)25-2)9-15(12-22)20(24)23-13-16-6-5-8-27-16/h5-6,8-11H,3-4,7,13H2,1-2H3,(H,23,24)/b15-9+. The van der Waals surface area contributed by atoms with Crippen LogP contribution in [0.2, 0.25) is 0 Å². The molecule has 0 aliphatic carbocycles. The first-order chi connectivity index (χ1) is 13.1. The first kappa shape index (κ1) is 21.0. The lowest BCUT2D eigenvalue weighted by atomic mass is 10.1. The van der Waals surface area contributed by atoms with E-state index in [1.54, 1.807) is 30.6 Å². The smallest absolute Gasteiger partial charge is 0.262 e. The van der Waals surface area contributed by atoms with Crippen LogP contribution in [0.25, 0.3) is 6.08 Å². The summed E-state index contributed by atoms with van der Waals surface area (Å²) < 4.78 is 11.8. The number of benzene rings is 1. The van der Waals surface area contributed by atoms with Crippen LogP contribution in [0.1, 0.15) is 30.2 Å². The minimum atomic E-state index is -0.417. The number of hydrogen-bond acceptors (Lipinski definition) is 5. The second-order valence-corrected chi connectivity index (χ2v) is 7.55. The Bertz CT molecular complexity index is 842. The summed E-state index contributed by atoms with van der Waals surface area (Å²) in [4.78, 5) is 13.3. The van der Waals surface area contributed by atoms with Gasteiger partial charge in [0.25, 0.3) is 5.91 Å². The van der Waals surface area contributed by atoms with E-state index >= 15 is 0 Å². The van der Waals surface area contributed by atoms with Gasteiger partial charge in [0, 0.05) is 9.35 Å². The van der Waals surface area contributed by atoms with Gasteiger partial charge in [-0.25, -0.2) is 0 Å². The number of methoxy groups -OCH3 is 1. The second kappa shape index (κ2) is 10.8. The zero-order chi connectivity index (χ0) is 19.6. The number of nitrogens with zero attached hydrogens (tertiary/aromatic N) is 1. The number of hydrogen-bond donors (Lipinski definition) is 1. The van der Waals surface area contributed by atoms with Gasteiger partial charge in [-0.2, -0.15) is 5.26 Å². The summed E-state index contributed by atoms with van der Waals surface area (Å²) in [6.45, 7) is 3.09. The molecule has 1 amide bonds. The molecule has 0 unspecified atom stereocenters. The van der Waals surface area contributed by atoms with Crippen molar-refractivity contribution in [3.8, 4) is 17.6 Å². The molecule has 142 valence electrons. The highest BCUT2D eigenvalue weighted by Gasteiger charge is 2.13. The maximum Gasteiger partial charge on any atom is 0.262 e. The van der Waals surface area contributed by atoms with Crippen molar-refractivity contribution in [3.63, 3.8) is 0 Å². The zero-order valence-electron chi connectivity index (χ0n) is 15.3. The van der Waals surface area contributed by atoms with Crippen LogP contribution in [-0.2, 0) is 11.3 Å². The second-order valence-electron chi connectivity index (χ2n) is 5.66. The van der Waals surface area contributed by atoms with E-state index in [0.29, 0.717) is 34.7 Å². The number of halogens is 1. The van der Waals surface area contributed by atoms with Crippen molar-refractivity contribution in [2.45, 2.75) is 26.3 Å². The molecule has 0 bridgehead atoms. The van der Waals surface area contributed by atoms with Gasteiger partial charge in [-0.1, -0.05) is 35.3 Å². The maximum absolute atomic E-state index is 12.3. The van der Waals surface area contributed by atoms with Crippen molar-refractivity contribution in [2.75, 3.05) is 13.7 Å². The number of nitrogens with one attached hydrogen (secondary N) is 1. The normalized spacial score (nSPS) is 11.0. The van der Waals surface area contributed by atoms with Crippen LogP contribution in [0.15, 0.2) is 39.7 Å². The Labute approximate surface area is 171 Å². The average Bonchev–Trinajstić information content (AvgIpc) is 3.19. The molecule has 1 N–H and O–H groups in total. The molecule has 0 saturated heterocycles. The molecule has 0 fully saturated rings. The summed E-state index contributed by atoms with van der Waals surface area (Å²) in [7, 11) is 1.56. The lowest BCUT2D eigenvalue weighted by Gasteiger charge is -2.13. The first-order valence-electron chi connectivity index (χ1n) is 8.51. The van der Waals surface area contributed by atoms with E-state index in [0.717, 1.165) is 17.7 Å². The molecule has 0 aliphatic heterocycles. The third kappa shape index (κ3) is 6.12. The summed E-state index contributed by atoms with van der Waals surface area (Å²) in [6, 6.07) is 9.34. The Morgan fingerprint density at radius 1 is 1.41 bits per heavy atom. The quantitative estimate of drug-likeness (QED) is 0.335. The third-order valence-corrected chi connectivity index (χ3v) is 5.27. The van der Waals surface area contributed by atoms with Crippen LogP contribution in [0.5, 0.6) is 11.5 Å². The summed E-state index contributed by atoms with van der Waals surface area (Å²) in [5.74, 6) is 0.757. The van der Waals surface area contributed by atoms with Gasteiger partial charge in [0.1, 0.15) is 11.6 Å². The van der Waals surface area contributed by atoms with Gasteiger partial charge in [-0.3, -0.25) is 4.79 Å². The van der Waals surface area contributed by atoms with E-state index in [1.165, 1.54) is 6.08 Å². The van der Waals surface area contributed by atoms with Crippen LogP contribution >= 0.6 is 27.3 Å². The fraction of sp³-hybridized carbons (Fsp3) is 0.300. The summed E-state index contributed by atoms with van der Waals surface area (Å²) in [6.07, 6.45) is 3.52. The number of carbonyl (C=O) groups is 1. The lowest BCUT2D eigenvalue weighted by Crippen LogP contribution is -2.23. The fourth-order valence-electron chi connectivity index (χ4n) is 2.24. The van der Waals surface area contributed by atoms with Crippen LogP contribution in [0.3, 0.4) is 0 Å². The topological polar surface area (TPSA) is 71.3 Å². The van der Waals surface area contributed by atoms with Crippen molar-refractivity contribution in [3.05, 3.63) is 50.1 Å². The van der Waals surface area contributed by atoms with E-state index in [-0.39, 0.29) is 5.57 Å². The molecule has 27 heavy (non-hydrogen) atoms. The van der Waals surface area contributed by atoms with E-state index in [2.05, 4.69) is 28.2 Å². The van der Waals surface area contributed by atoms with E-state index in [1.807, 2.05) is 23.6 Å². The van der Waals surface area contributed by atoms with Crippen molar-refractivity contribution in [1.82, 2.24) is 5.32 Å². The molecule has 0 atom stereocenters. The van der Waals surface area contributed by atoms with Crippen LogP contribution in [0, 0.1) is 11.3 Å². The highest BCUT2D eigenvalue weighted by atomic mass is 79.9. The Hall–Kier alpha value is -2.30. The number of ether oxygens (including phenoxy) is 2. The van der Waals surface area contributed by atoms with Gasteiger partial charge in [0.05, 0.1) is 20.3 Å². The molecule has 1 aromatic carbocycles. The molecule has 2 aromatic rings. The molecule has 0 saturated carbocycles. The highest BCUT2D eigenvalue weighted by Crippen LogP contribution is 2.34. The Kier molecular flexibility index (Phi) is 8.37. The molecule has 1 aromatic heterocycles. The highest BCUT2D eigenvalue weighted by molar-refractivity contribution is 9.10. The third-order valence-electron chi connectivity index (χ3n) is 3.71. The molecule has 0 aliphatic rings. The predicted molar refractivity (Wildman–Crippen MR) is 111 cm³/mol. The number of rotatable bonds is 9. The van der Waals surface area contributed by atoms with Crippen LogP contribution in [-0.4, -0.2) is 19.6 Å². The van der Waals surface area contributed by atoms with Gasteiger partial charge in [-0.05, 0) is 41.6 Å². The average molecular weight is 449 g/mol. The largest absolute Gasteiger partial charge is 0.493 e. The molecular weight excluding hydrogens is 428 g/mol. The number of amides is 1. The fourth-order valence-corrected chi connectivity index (χ4v) is 3.32. The van der Waals surface area contributed by atoms with Crippen molar-refractivity contribution < 1.29 is 14.3 Å². The molecule has 0 radical (unpaired) electrons. The monoisotopic (exact) mass is 448 g/mol. The van der Waals surface area contributed by atoms with Gasteiger partial charge in [0.2, 0.25) is 0 Å². The molecule has 7 heteroatoms. The Morgan fingerprint density at radius 2 is 2.22 bits per heavy atom. The summed E-state index contributed by atoms with van der Waals surface area (Å²) in [5, 5.41) is 14.1. The van der Waals surface area contributed by atoms with Crippen molar-refractivity contribution in [1.29, 1.82) is 5.26 Å². The van der Waals surface area contributed by atoms with Crippen molar-refractivity contribution >= 4 is 39.2 Å². The Balaban J connectivity index is 2.18. The SMILES string of the molecule is CCCCOc1cc(Br)c(/C=C(\C#N)C(=O)NCc2cccs2)cc1OC. The summed E-state index contributed by atoms with van der Waals surface area (Å²) >= 11 is 5.03. The number of unbranched alkanes of at least 4 members (excludes halogenated alkanes) is 1. The van der Waals surface area contributed by atoms with Gasteiger partial charge in [-0.15, -0.1) is 11.3 Å². The minimum Gasteiger partial charge on any atom is -0.493 e. The lowest BCUT2D eigenvalue weighted by molar-refractivity contribution is -0.117. The Morgan fingerprint density at radius 3 is 2.85 bits per heavy atom. The predicted octanol–water partition coefficient (Wildman–Crippen LogP) is 4.92. The van der Waals surface area contributed by atoms with Crippen LogP contribution in [0.4, 0.5) is 0 Å². The van der Waals surface area contributed by atoms with Crippen LogP contribution < -0.4 is 14.8 Å². The van der Waals surface area contributed by atoms with Gasteiger partial charge >= 0.3 is 0 Å². The van der Waals surface area contributed by atoms with E-state index in [4.69, 9.17) is 9.47 Å². The number of carbonyl (C=O) groups excluding carboxylic acids is 1. The molecular formula is C20H21BrN2O3S. The van der Waals surface area contributed by atoms with E-state index < -0.39 is 5.91 Å². The molecule has 2 rings (SSSR count). The maximum atomic E-state index is 12.3. The van der Waals surface area contributed by atoms with E-state index in [9.17, 15) is 10.1 Å². The first-order valence-corrected chi connectivity index (χ1v) is 10.2. The van der Waals surface area contributed by atoms with Gasteiger partial charge < -0.3 is 14.8 Å². The van der Waals surface area contributed by atoms with Gasteiger partial charge in [0.15, 0.2) is 11.5 Å². The number of thiophene rings is 1. The summed E-state index contributed by atoms with van der Waals surface area (Å²) in [5.41, 5.74) is 0.687.